The Bertz CT molecular complexity index is 875. The zero-order valence-corrected chi connectivity index (χ0v) is 13.7. The van der Waals surface area contributed by atoms with Crippen LogP contribution in [0.15, 0.2) is 61.3 Å². The monoisotopic (exact) mass is 335 g/mol. The second kappa shape index (κ2) is 7.87. The smallest absolute Gasteiger partial charge is 0.244 e. The molecule has 0 aliphatic rings. The summed E-state index contributed by atoms with van der Waals surface area (Å²) in [4.78, 5) is 20.3. The van der Waals surface area contributed by atoms with Crippen molar-refractivity contribution in [3.05, 3.63) is 72.5 Å². The van der Waals surface area contributed by atoms with Crippen LogP contribution in [0.3, 0.4) is 0 Å². The fourth-order valence-electron chi connectivity index (χ4n) is 2.30. The van der Waals surface area contributed by atoms with E-state index >= 15 is 0 Å². The zero-order valence-electron chi connectivity index (χ0n) is 13.7. The molecule has 25 heavy (non-hydrogen) atoms. The Kier molecular flexibility index (Phi) is 5.16. The number of para-hydroxylation sites is 1. The third-order valence-electron chi connectivity index (χ3n) is 3.51. The van der Waals surface area contributed by atoms with Gasteiger partial charge in [0.1, 0.15) is 18.4 Å². The van der Waals surface area contributed by atoms with Crippen LogP contribution in [-0.4, -0.2) is 32.8 Å². The van der Waals surface area contributed by atoms with E-state index in [4.69, 9.17) is 4.74 Å². The minimum Gasteiger partial charge on any atom is -0.496 e. The van der Waals surface area contributed by atoms with Crippen molar-refractivity contribution in [3.8, 4) is 11.6 Å². The molecule has 1 aromatic carbocycles. The second-order valence-electron chi connectivity index (χ2n) is 5.12. The summed E-state index contributed by atoms with van der Waals surface area (Å²) in [6, 6.07) is 11.2. The van der Waals surface area contributed by atoms with E-state index in [0.29, 0.717) is 18.1 Å². The molecule has 0 radical (unpaired) electrons. The first-order chi connectivity index (χ1) is 12.3. The molecule has 1 amide bonds. The SMILES string of the molecule is COc1ccccc1/C=C/C(=O)NCc1cccnc1-n1cncn1. The summed E-state index contributed by atoms with van der Waals surface area (Å²) in [6.07, 6.45) is 7.87. The Morgan fingerprint density at radius 1 is 1.28 bits per heavy atom. The van der Waals surface area contributed by atoms with Crippen LogP contribution < -0.4 is 10.1 Å². The van der Waals surface area contributed by atoms with Crippen molar-refractivity contribution in [2.45, 2.75) is 6.54 Å². The fraction of sp³-hybridized carbons (Fsp3) is 0.111. The summed E-state index contributed by atoms with van der Waals surface area (Å²) in [5.41, 5.74) is 1.68. The molecule has 1 N–H and O–H groups in total. The number of hydrogen-bond donors (Lipinski definition) is 1. The maximum atomic E-state index is 12.1. The lowest BCUT2D eigenvalue weighted by Gasteiger charge is -2.08. The Morgan fingerprint density at radius 2 is 2.16 bits per heavy atom. The molecule has 3 rings (SSSR count). The molecule has 0 fully saturated rings. The van der Waals surface area contributed by atoms with E-state index in [1.807, 2.05) is 36.4 Å². The van der Waals surface area contributed by atoms with Crippen molar-refractivity contribution in [2.75, 3.05) is 7.11 Å². The maximum Gasteiger partial charge on any atom is 0.244 e. The second-order valence-corrected chi connectivity index (χ2v) is 5.12. The zero-order chi connectivity index (χ0) is 17.5. The highest BCUT2D eigenvalue weighted by Crippen LogP contribution is 2.18. The van der Waals surface area contributed by atoms with Gasteiger partial charge in [-0.3, -0.25) is 4.79 Å². The number of ether oxygens (including phenoxy) is 1. The topological polar surface area (TPSA) is 81.9 Å². The molecule has 7 heteroatoms. The summed E-state index contributed by atoms with van der Waals surface area (Å²) in [7, 11) is 1.60. The first kappa shape index (κ1) is 16.4. The van der Waals surface area contributed by atoms with Gasteiger partial charge < -0.3 is 10.1 Å². The van der Waals surface area contributed by atoms with E-state index in [2.05, 4.69) is 20.4 Å². The standard InChI is InChI=1S/C18H17N5O2/c1-25-16-7-3-2-5-14(16)8-9-17(24)21-11-15-6-4-10-20-18(15)23-13-19-12-22-23/h2-10,12-13H,11H2,1H3,(H,21,24)/b9-8+. The molecule has 0 aliphatic carbocycles. The quantitative estimate of drug-likeness (QED) is 0.697. The van der Waals surface area contributed by atoms with Gasteiger partial charge in [-0.15, -0.1) is 0 Å². The van der Waals surface area contributed by atoms with E-state index in [0.717, 1.165) is 11.1 Å². The lowest BCUT2D eigenvalue weighted by atomic mass is 10.2. The third kappa shape index (κ3) is 4.08. The van der Waals surface area contributed by atoms with Crippen molar-refractivity contribution in [3.63, 3.8) is 0 Å². The Morgan fingerprint density at radius 3 is 2.96 bits per heavy atom. The Hall–Kier alpha value is -3.48. The number of nitrogens with one attached hydrogen (secondary N) is 1. The van der Waals surface area contributed by atoms with Crippen LogP contribution in [0.2, 0.25) is 0 Å². The minimum absolute atomic E-state index is 0.209. The van der Waals surface area contributed by atoms with Gasteiger partial charge in [-0.2, -0.15) is 5.10 Å². The van der Waals surface area contributed by atoms with Gasteiger partial charge in [0.15, 0.2) is 5.82 Å². The minimum atomic E-state index is -0.209. The summed E-state index contributed by atoms with van der Waals surface area (Å²) < 4.78 is 6.82. The van der Waals surface area contributed by atoms with Crippen molar-refractivity contribution in [2.24, 2.45) is 0 Å². The molecular weight excluding hydrogens is 318 g/mol. The number of hydrogen-bond acceptors (Lipinski definition) is 5. The van der Waals surface area contributed by atoms with E-state index in [1.54, 1.807) is 30.4 Å². The van der Waals surface area contributed by atoms with Gasteiger partial charge in [0.05, 0.1) is 7.11 Å². The molecule has 126 valence electrons. The molecule has 7 nitrogen and oxygen atoms in total. The highest BCUT2D eigenvalue weighted by molar-refractivity contribution is 5.92. The number of rotatable bonds is 6. The molecule has 0 unspecified atom stereocenters. The maximum absolute atomic E-state index is 12.1. The van der Waals surface area contributed by atoms with Crippen LogP contribution in [0.4, 0.5) is 0 Å². The number of carbonyl (C=O) groups is 1. The molecule has 3 aromatic rings. The number of methoxy groups -OCH3 is 1. The van der Waals surface area contributed by atoms with Crippen molar-refractivity contribution >= 4 is 12.0 Å². The van der Waals surface area contributed by atoms with E-state index < -0.39 is 0 Å². The van der Waals surface area contributed by atoms with Crippen LogP contribution in [0.5, 0.6) is 5.75 Å². The first-order valence-corrected chi connectivity index (χ1v) is 7.66. The predicted octanol–water partition coefficient (Wildman–Crippen LogP) is 2.00. The predicted molar refractivity (Wildman–Crippen MR) is 93.0 cm³/mol. The molecule has 0 atom stereocenters. The van der Waals surface area contributed by atoms with Gasteiger partial charge in [-0.1, -0.05) is 24.3 Å². The Balaban J connectivity index is 1.66. The Labute approximate surface area is 145 Å². The van der Waals surface area contributed by atoms with Crippen molar-refractivity contribution in [1.29, 1.82) is 0 Å². The van der Waals surface area contributed by atoms with Gasteiger partial charge in [0.25, 0.3) is 0 Å². The highest BCUT2D eigenvalue weighted by atomic mass is 16.5. The average molecular weight is 335 g/mol. The van der Waals surface area contributed by atoms with Gasteiger partial charge in [0, 0.05) is 29.9 Å². The molecule has 0 spiro atoms. The highest BCUT2D eigenvalue weighted by Gasteiger charge is 2.07. The molecule has 2 aromatic heterocycles. The van der Waals surface area contributed by atoms with E-state index in [1.165, 1.54) is 12.4 Å². The van der Waals surface area contributed by atoms with Crippen LogP contribution in [0, 0.1) is 0 Å². The van der Waals surface area contributed by atoms with E-state index in [-0.39, 0.29) is 5.91 Å². The lowest BCUT2D eigenvalue weighted by Crippen LogP contribution is -2.21. The van der Waals surface area contributed by atoms with Crippen LogP contribution >= 0.6 is 0 Å². The van der Waals surface area contributed by atoms with Gasteiger partial charge >= 0.3 is 0 Å². The normalized spacial score (nSPS) is 10.8. The number of nitrogens with zero attached hydrogens (tertiary/aromatic N) is 4. The summed E-state index contributed by atoms with van der Waals surface area (Å²) in [5, 5.41) is 6.91. The van der Waals surface area contributed by atoms with Crippen LogP contribution in [0.25, 0.3) is 11.9 Å². The molecule has 2 heterocycles. The molecule has 0 saturated heterocycles. The van der Waals surface area contributed by atoms with Crippen LogP contribution in [0.1, 0.15) is 11.1 Å². The molecule has 0 bridgehead atoms. The number of benzene rings is 1. The van der Waals surface area contributed by atoms with Gasteiger partial charge in [-0.05, 0) is 18.2 Å². The molecule has 0 aliphatic heterocycles. The number of aromatic nitrogens is 4. The first-order valence-electron chi connectivity index (χ1n) is 7.66. The number of amides is 1. The van der Waals surface area contributed by atoms with Crippen molar-refractivity contribution < 1.29 is 9.53 Å². The summed E-state index contributed by atoms with van der Waals surface area (Å²) in [5.74, 6) is 1.14. The van der Waals surface area contributed by atoms with E-state index in [9.17, 15) is 4.79 Å². The van der Waals surface area contributed by atoms with Gasteiger partial charge in [0.2, 0.25) is 5.91 Å². The third-order valence-corrected chi connectivity index (χ3v) is 3.51. The fourth-order valence-corrected chi connectivity index (χ4v) is 2.30. The van der Waals surface area contributed by atoms with Crippen LogP contribution in [-0.2, 0) is 11.3 Å². The summed E-state index contributed by atoms with van der Waals surface area (Å²) in [6.45, 7) is 0.331. The lowest BCUT2D eigenvalue weighted by molar-refractivity contribution is -0.116. The number of pyridine rings is 1. The molecule has 0 saturated carbocycles. The molecular formula is C18H17N5O2. The largest absolute Gasteiger partial charge is 0.496 e. The summed E-state index contributed by atoms with van der Waals surface area (Å²) >= 11 is 0. The number of carbonyl (C=O) groups excluding carboxylic acids is 1. The van der Waals surface area contributed by atoms with Crippen molar-refractivity contribution in [1.82, 2.24) is 25.1 Å². The average Bonchev–Trinajstić information content (AvgIpc) is 3.19. The van der Waals surface area contributed by atoms with Gasteiger partial charge in [-0.25, -0.2) is 14.6 Å².